The zero-order chi connectivity index (χ0) is 13.5. The summed E-state index contributed by atoms with van der Waals surface area (Å²) in [6.45, 7) is 9.53. The van der Waals surface area contributed by atoms with Gasteiger partial charge in [0.15, 0.2) is 0 Å². The largest absolute Gasteiger partial charge is 0.444 e. The minimum Gasteiger partial charge on any atom is -0.444 e. The van der Waals surface area contributed by atoms with Crippen molar-refractivity contribution in [2.45, 2.75) is 58.6 Å². The first-order valence-corrected chi connectivity index (χ1v) is 7.00. The van der Waals surface area contributed by atoms with Gasteiger partial charge in [-0.15, -0.1) is 0 Å². The van der Waals surface area contributed by atoms with Gasteiger partial charge in [0.2, 0.25) is 0 Å². The predicted octanol–water partition coefficient (Wildman–Crippen LogP) is 4.02. The lowest BCUT2D eigenvalue weighted by molar-refractivity contribution is 0.0473. The van der Waals surface area contributed by atoms with E-state index in [0.717, 1.165) is 18.2 Å². The normalized spacial score (nSPS) is 12.8. The van der Waals surface area contributed by atoms with E-state index in [2.05, 4.69) is 33.4 Å². The molecule has 0 fully saturated rings. The van der Waals surface area contributed by atoms with Crippen molar-refractivity contribution in [3.05, 3.63) is 12.2 Å². The molecule has 0 bridgehead atoms. The molecule has 4 heteroatoms. The highest BCUT2D eigenvalue weighted by molar-refractivity contribution is 9.09. The summed E-state index contributed by atoms with van der Waals surface area (Å²) in [5.74, 6) is 0. The van der Waals surface area contributed by atoms with Gasteiger partial charge in [-0.3, -0.25) is 0 Å². The fourth-order valence-corrected chi connectivity index (χ4v) is 1.45. The minimum atomic E-state index is -0.452. The first-order valence-electron chi connectivity index (χ1n) is 5.88. The van der Waals surface area contributed by atoms with E-state index in [-0.39, 0.29) is 11.6 Å². The number of amides is 1. The second kappa shape index (κ2) is 7.04. The van der Waals surface area contributed by atoms with Crippen LogP contribution in [0.2, 0.25) is 0 Å². The van der Waals surface area contributed by atoms with Gasteiger partial charge in [0, 0.05) is 10.9 Å². The van der Waals surface area contributed by atoms with Crippen LogP contribution in [-0.4, -0.2) is 22.6 Å². The Balaban J connectivity index is 4.11. The van der Waals surface area contributed by atoms with E-state index in [4.69, 9.17) is 4.74 Å². The number of carbonyl (C=O) groups excluding carboxylic acids is 1. The number of nitrogens with one attached hydrogen (secondary N) is 1. The number of halogens is 1. The Kier molecular flexibility index (Phi) is 6.83. The molecule has 0 aromatic heterocycles. The van der Waals surface area contributed by atoms with Crippen molar-refractivity contribution in [2.24, 2.45) is 0 Å². The Hall–Kier alpha value is -0.510. The number of hydrogen-bond acceptors (Lipinski definition) is 2. The van der Waals surface area contributed by atoms with Gasteiger partial charge >= 0.3 is 6.09 Å². The quantitative estimate of drug-likeness (QED) is 0.615. The number of alkyl halides is 1. The molecule has 0 radical (unpaired) electrons. The van der Waals surface area contributed by atoms with Crippen LogP contribution in [0.3, 0.4) is 0 Å². The topological polar surface area (TPSA) is 38.3 Å². The molecule has 3 nitrogen and oxygen atoms in total. The molecular weight excluding hydrogens is 282 g/mol. The summed E-state index contributed by atoms with van der Waals surface area (Å²) < 4.78 is 5.22. The van der Waals surface area contributed by atoms with Gasteiger partial charge in [-0.05, 0) is 47.5 Å². The summed E-state index contributed by atoms with van der Waals surface area (Å²) in [7, 11) is 0. The van der Waals surface area contributed by atoms with Crippen molar-refractivity contribution in [1.82, 2.24) is 5.32 Å². The molecule has 1 N–H and O–H groups in total. The minimum absolute atomic E-state index is 0.287. The van der Waals surface area contributed by atoms with Crippen molar-refractivity contribution in [1.29, 1.82) is 0 Å². The summed E-state index contributed by atoms with van der Waals surface area (Å²) in [6.07, 6.45) is 5.62. The number of rotatable bonds is 5. The molecule has 0 aliphatic carbocycles. The van der Waals surface area contributed by atoms with Crippen molar-refractivity contribution >= 4 is 22.0 Å². The molecule has 0 aliphatic rings. The fraction of sp³-hybridized carbons (Fsp3) is 0.769. The highest BCUT2D eigenvalue weighted by Crippen LogP contribution is 2.12. The van der Waals surface area contributed by atoms with Crippen molar-refractivity contribution in [3.63, 3.8) is 0 Å². The Morgan fingerprint density at radius 3 is 2.29 bits per heavy atom. The Bertz CT molecular complexity index is 267. The number of hydrogen-bond donors (Lipinski definition) is 1. The lowest BCUT2D eigenvalue weighted by Gasteiger charge is -2.27. The molecule has 0 saturated carbocycles. The highest BCUT2D eigenvalue weighted by atomic mass is 79.9. The third-order valence-electron chi connectivity index (χ3n) is 1.91. The number of alkyl carbamates (subject to hydrolysis) is 1. The van der Waals surface area contributed by atoms with E-state index in [9.17, 15) is 4.79 Å². The molecule has 1 amide bonds. The van der Waals surface area contributed by atoms with Gasteiger partial charge < -0.3 is 10.1 Å². The summed E-state index contributed by atoms with van der Waals surface area (Å²) in [6, 6.07) is 0. The third kappa shape index (κ3) is 10.4. The summed E-state index contributed by atoms with van der Waals surface area (Å²) in [5.41, 5.74) is -0.739. The van der Waals surface area contributed by atoms with E-state index < -0.39 is 5.60 Å². The molecule has 0 atom stereocenters. The summed E-state index contributed by atoms with van der Waals surface area (Å²) in [4.78, 5) is 11.6. The maximum Gasteiger partial charge on any atom is 0.408 e. The SMILES string of the molecule is CC(C)(C/C=C/CCBr)NC(=O)OC(C)(C)C. The van der Waals surface area contributed by atoms with Crippen LogP contribution in [0.1, 0.15) is 47.5 Å². The van der Waals surface area contributed by atoms with Gasteiger partial charge in [0.05, 0.1) is 0 Å². The average Bonchev–Trinajstić information content (AvgIpc) is 2.08. The summed E-state index contributed by atoms with van der Waals surface area (Å²) in [5, 5.41) is 3.83. The van der Waals surface area contributed by atoms with Crippen LogP contribution < -0.4 is 5.32 Å². The Morgan fingerprint density at radius 2 is 1.82 bits per heavy atom. The molecule has 0 aromatic rings. The second-order valence-electron chi connectivity index (χ2n) is 5.66. The van der Waals surface area contributed by atoms with Crippen molar-refractivity contribution < 1.29 is 9.53 Å². The number of allylic oxidation sites excluding steroid dienone is 1. The smallest absolute Gasteiger partial charge is 0.408 e. The Labute approximate surface area is 113 Å². The highest BCUT2D eigenvalue weighted by Gasteiger charge is 2.23. The molecule has 100 valence electrons. The van der Waals surface area contributed by atoms with E-state index >= 15 is 0 Å². The van der Waals surface area contributed by atoms with Gasteiger partial charge in [-0.1, -0.05) is 28.1 Å². The molecule has 0 rings (SSSR count). The molecule has 0 saturated heterocycles. The van der Waals surface area contributed by atoms with Crippen LogP contribution in [0.5, 0.6) is 0 Å². The van der Waals surface area contributed by atoms with E-state index in [1.165, 1.54) is 0 Å². The van der Waals surface area contributed by atoms with Crippen LogP contribution in [0.15, 0.2) is 12.2 Å². The van der Waals surface area contributed by atoms with Crippen molar-refractivity contribution in [2.75, 3.05) is 5.33 Å². The van der Waals surface area contributed by atoms with Crippen molar-refractivity contribution in [3.8, 4) is 0 Å². The van der Waals surface area contributed by atoms with Gasteiger partial charge in [-0.25, -0.2) is 4.79 Å². The molecule has 0 heterocycles. The zero-order valence-electron chi connectivity index (χ0n) is 11.5. The third-order valence-corrected chi connectivity index (χ3v) is 2.37. The van der Waals surface area contributed by atoms with Gasteiger partial charge in [0.1, 0.15) is 5.60 Å². The molecule has 0 spiro atoms. The molecule has 17 heavy (non-hydrogen) atoms. The predicted molar refractivity (Wildman–Crippen MR) is 75.6 cm³/mol. The average molecular weight is 306 g/mol. The number of ether oxygens (including phenoxy) is 1. The Morgan fingerprint density at radius 1 is 1.24 bits per heavy atom. The van der Waals surface area contributed by atoms with Crippen LogP contribution in [0.25, 0.3) is 0 Å². The molecule has 0 aromatic carbocycles. The number of carbonyl (C=O) groups is 1. The van der Waals surface area contributed by atoms with Gasteiger partial charge in [-0.2, -0.15) is 0 Å². The van der Waals surface area contributed by atoms with Gasteiger partial charge in [0.25, 0.3) is 0 Å². The maximum absolute atomic E-state index is 11.6. The monoisotopic (exact) mass is 305 g/mol. The van der Waals surface area contributed by atoms with E-state index in [1.54, 1.807) is 0 Å². The summed E-state index contributed by atoms with van der Waals surface area (Å²) >= 11 is 3.36. The zero-order valence-corrected chi connectivity index (χ0v) is 13.1. The lowest BCUT2D eigenvalue weighted by Crippen LogP contribution is -2.45. The van der Waals surface area contributed by atoms with E-state index in [0.29, 0.717) is 0 Å². The first kappa shape index (κ1) is 16.5. The molecule has 0 unspecified atom stereocenters. The fourth-order valence-electron chi connectivity index (χ4n) is 1.19. The lowest BCUT2D eigenvalue weighted by atomic mass is 10.0. The van der Waals surface area contributed by atoms with Crippen LogP contribution in [-0.2, 0) is 4.74 Å². The molecule has 0 aliphatic heterocycles. The van der Waals surface area contributed by atoms with Crippen LogP contribution in [0.4, 0.5) is 4.79 Å². The van der Waals surface area contributed by atoms with E-state index in [1.807, 2.05) is 34.6 Å². The first-order chi connectivity index (χ1) is 7.66. The van der Waals surface area contributed by atoms with Crippen LogP contribution in [0, 0.1) is 0 Å². The second-order valence-corrected chi connectivity index (χ2v) is 6.46. The maximum atomic E-state index is 11.6. The standard InChI is InChI=1S/C13H24BrNO2/c1-12(2,3)17-11(16)15-13(4,5)9-7-6-8-10-14/h6-7H,8-10H2,1-5H3,(H,15,16)/b7-6+. The molecular formula is C13H24BrNO2. The van der Waals surface area contributed by atoms with Crippen LogP contribution >= 0.6 is 15.9 Å².